The van der Waals surface area contributed by atoms with Gasteiger partial charge in [-0.2, -0.15) is 8.78 Å². The van der Waals surface area contributed by atoms with Gasteiger partial charge in [-0.05, 0) is 49.8 Å². The lowest BCUT2D eigenvalue weighted by atomic mass is 9.89. The molecule has 2 heterocycles. The average molecular weight is 359 g/mol. The van der Waals surface area contributed by atoms with Gasteiger partial charge in [-0.15, -0.1) is 0 Å². The molecule has 1 amide bonds. The van der Waals surface area contributed by atoms with Crippen molar-refractivity contribution in [1.82, 2.24) is 10.6 Å². The number of halogens is 3. The fourth-order valence-corrected chi connectivity index (χ4v) is 3.96. The smallest absolute Gasteiger partial charge is 0.387 e. The molecule has 2 aliphatic rings. The number of hydrogen-bond acceptors (Lipinski definition) is 3. The molecule has 1 aromatic carbocycles. The SMILES string of the molecule is O=C(CC1CC2CCC(C1)N2)NCc1cc(Cl)ccc1OC(F)F. The van der Waals surface area contributed by atoms with E-state index >= 15 is 0 Å². The highest BCUT2D eigenvalue weighted by Gasteiger charge is 2.34. The zero-order valence-electron chi connectivity index (χ0n) is 13.2. The Morgan fingerprint density at radius 3 is 2.71 bits per heavy atom. The van der Waals surface area contributed by atoms with Crippen LogP contribution in [0, 0.1) is 5.92 Å². The summed E-state index contributed by atoms with van der Waals surface area (Å²) in [4.78, 5) is 12.2. The molecule has 0 aromatic heterocycles. The van der Waals surface area contributed by atoms with Gasteiger partial charge in [-0.25, -0.2) is 0 Å². The lowest BCUT2D eigenvalue weighted by Crippen LogP contribution is -2.39. The predicted octanol–water partition coefficient (Wildman–Crippen LogP) is 3.48. The molecule has 4 nitrogen and oxygen atoms in total. The lowest BCUT2D eigenvalue weighted by Gasteiger charge is -2.28. The molecule has 0 aliphatic carbocycles. The van der Waals surface area contributed by atoms with Crippen LogP contribution in [0.5, 0.6) is 5.75 Å². The molecule has 2 bridgehead atoms. The Kier molecular flexibility index (Phi) is 5.56. The van der Waals surface area contributed by atoms with Crippen LogP contribution in [0.25, 0.3) is 0 Å². The van der Waals surface area contributed by atoms with Gasteiger partial charge in [0.15, 0.2) is 0 Å². The minimum Gasteiger partial charge on any atom is -0.434 e. The molecular formula is C17H21ClF2N2O2. The zero-order valence-corrected chi connectivity index (χ0v) is 14.0. The zero-order chi connectivity index (χ0) is 17.1. The first kappa shape index (κ1) is 17.4. The van der Waals surface area contributed by atoms with Crippen molar-refractivity contribution in [2.24, 2.45) is 5.92 Å². The van der Waals surface area contributed by atoms with Crippen LogP contribution in [0.15, 0.2) is 18.2 Å². The number of alkyl halides is 2. The van der Waals surface area contributed by atoms with E-state index in [1.54, 1.807) is 0 Å². The van der Waals surface area contributed by atoms with Crippen LogP contribution in [-0.2, 0) is 11.3 Å². The molecule has 2 unspecified atom stereocenters. The molecule has 7 heteroatoms. The summed E-state index contributed by atoms with van der Waals surface area (Å²) in [7, 11) is 0. The third-order valence-corrected chi connectivity index (χ3v) is 4.99. The number of rotatable bonds is 6. The molecule has 1 aromatic rings. The van der Waals surface area contributed by atoms with Gasteiger partial charge in [-0.1, -0.05) is 11.6 Å². The Balaban J connectivity index is 1.53. The van der Waals surface area contributed by atoms with Crippen LogP contribution < -0.4 is 15.4 Å². The number of fused-ring (bicyclic) bond motifs is 2. The molecule has 0 radical (unpaired) electrons. The number of hydrogen-bond donors (Lipinski definition) is 2. The van der Waals surface area contributed by atoms with Crippen LogP contribution in [0.3, 0.4) is 0 Å². The number of ether oxygens (including phenoxy) is 1. The lowest BCUT2D eigenvalue weighted by molar-refractivity contribution is -0.122. The van der Waals surface area contributed by atoms with Gasteiger partial charge in [0, 0.05) is 35.6 Å². The highest BCUT2D eigenvalue weighted by atomic mass is 35.5. The summed E-state index contributed by atoms with van der Waals surface area (Å²) < 4.78 is 29.3. The number of nitrogens with one attached hydrogen (secondary N) is 2. The van der Waals surface area contributed by atoms with Gasteiger partial charge >= 0.3 is 6.61 Å². The fraction of sp³-hybridized carbons (Fsp3) is 0.588. The first-order chi connectivity index (χ1) is 11.5. The van der Waals surface area contributed by atoms with Crippen LogP contribution in [0.1, 0.15) is 37.7 Å². The topological polar surface area (TPSA) is 50.4 Å². The van der Waals surface area contributed by atoms with Gasteiger partial charge in [0.25, 0.3) is 0 Å². The maximum absolute atomic E-state index is 12.4. The average Bonchev–Trinajstić information content (AvgIpc) is 2.86. The highest BCUT2D eigenvalue weighted by Crippen LogP contribution is 2.32. The summed E-state index contributed by atoms with van der Waals surface area (Å²) >= 11 is 5.90. The van der Waals surface area contributed by atoms with E-state index in [4.69, 9.17) is 11.6 Å². The number of piperidine rings is 1. The van der Waals surface area contributed by atoms with Gasteiger partial charge < -0.3 is 15.4 Å². The minimum absolute atomic E-state index is 0.0367. The van der Waals surface area contributed by atoms with Crippen molar-refractivity contribution in [1.29, 1.82) is 0 Å². The first-order valence-corrected chi connectivity index (χ1v) is 8.63. The molecule has 2 saturated heterocycles. The molecule has 2 aliphatic heterocycles. The maximum Gasteiger partial charge on any atom is 0.387 e. The van der Waals surface area contributed by atoms with Crippen molar-refractivity contribution < 1.29 is 18.3 Å². The van der Waals surface area contributed by atoms with E-state index < -0.39 is 6.61 Å². The quantitative estimate of drug-likeness (QED) is 0.818. The molecule has 2 fully saturated rings. The molecule has 24 heavy (non-hydrogen) atoms. The van der Waals surface area contributed by atoms with E-state index in [1.807, 2.05) is 0 Å². The second-order valence-electron chi connectivity index (χ2n) is 6.59. The van der Waals surface area contributed by atoms with Crippen molar-refractivity contribution in [3.05, 3.63) is 28.8 Å². The highest BCUT2D eigenvalue weighted by molar-refractivity contribution is 6.30. The van der Waals surface area contributed by atoms with Crippen LogP contribution >= 0.6 is 11.6 Å². The van der Waals surface area contributed by atoms with Gasteiger partial charge in [0.1, 0.15) is 5.75 Å². The maximum atomic E-state index is 12.4. The van der Waals surface area contributed by atoms with Crippen molar-refractivity contribution >= 4 is 17.5 Å². The number of benzene rings is 1. The van der Waals surface area contributed by atoms with E-state index in [9.17, 15) is 13.6 Å². The molecular weight excluding hydrogens is 338 g/mol. The Morgan fingerprint density at radius 1 is 1.33 bits per heavy atom. The van der Waals surface area contributed by atoms with E-state index in [-0.39, 0.29) is 18.2 Å². The van der Waals surface area contributed by atoms with Crippen LogP contribution in [-0.4, -0.2) is 24.6 Å². The van der Waals surface area contributed by atoms with Crippen molar-refractivity contribution in [2.75, 3.05) is 0 Å². The second-order valence-corrected chi connectivity index (χ2v) is 7.02. The Hall–Kier alpha value is -1.40. The van der Waals surface area contributed by atoms with Crippen molar-refractivity contribution in [3.63, 3.8) is 0 Å². The monoisotopic (exact) mass is 358 g/mol. The molecule has 2 atom stereocenters. The van der Waals surface area contributed by atoms with E-state index in [1.165, 1.54) is 31.0 Å². The van der Waals surface area contributed by atoms with E-state index in [2.05, 4.69) is 15.4 Å². The van der Waals surface area contributed by atoms with Crippen LogP contribution in [0.2, 0.25) is 5.02 Å². The molecule has 132 valence electrons. The summed E-state index contributed by atoms with van der Waals surface area (Å²) in [5, 5.41) is 6.76. The number of carbonyl (C=O) groups excluding carboxylic acids is 1. The summed E-state index contributed by atoms with van der Waals surface area (Å²) in [6.45, 7) is -2.79. The summed E-state index contributed by atoms with van der Waals surface area (Å²) in [5.74, 6) is 0.360. The minimum atomic E-state index is -2.91. The van der Waals surface area contributed by atoms with Gasteiger partial charge in [0.2, 0.25) is 5.91 Å². The van der Waals surface area contributed by atoms with Crippen molar-refractivity contribution in [2.45, 2.75) is 57.3 Å². The normalized spacial score (nSPS) is 25.8. The first-order valence-electron chi connectivity index (χ1n) is 8.25. The Morgan fingerprint density at radius 2 is 2.04 bits per heavy atom. The molecule has 3 rings (SSSR count). The fourth-order valence-electron chi connectivity index (χ4n) is 3.77. The molecule has 2 N–H and O–H groups in total. The third kappa shape index (κ3) is 4.57. The number of carbonyl (C=O) groups is 1. The van der Waals surface area contributed by atoms with Gasteiger partial charge in [0.05, 0.1) is 0 Å². The van der Waals surface area contributed by atoms with E-state index in [0.29, 0.717) is 35.0 Å². The standard InChI is InChI=1S/C17H21ClF2N2O2/c18-12-1-4-15(24-17(19)20)11(8-12)9-21-16(23)7-10-5-13-2-3-14(6-10)22-13/h1,4,8,10,13-14,17,22H,2-3,5-7,9H2,(H,21,23). The largest absolute Gasteiger partial charge is 0.434 e. The Bertz CT molecular complexity index is 588. The van der Waals surface area contributed by atoms with Crippen molar-refractivity contribution in [3.8, 4) is 5.75 Å². The summed E-state index contributed by atoms with van der Waals surface area (Å²) in [6.07, 6.45) is 4.92. The number of amides is 1. The van der Waals surface area contributed by atoms with Gasteiger partial charge in [-0.3, -0.25) is 4.79 Å². The Labute approximate surface area is 144 Å². The van der Waals surface area contributed by atoms with E-state index in [0.717, 1.165) is 12.8 Å². The predicted molar refractivity (Wildman–Crippen MR) is 87.2 cm³/mol. The third-order valence-electron chi connectivity index (χ3n) is 4.76. The second kappa shape index (κ2) is 7.66. The summed E-state index contributed by atoms with van der Waals surface area (Å²) in [5.41, 5.74) is 0.446. The molecule has 0 spiro atoms. The van der Waals surface area contributed by atoms with Crippen LogP contribution in [0.4, 0.5) is 8.78 Å². The molecule has 0 saturated carbocycles. The summed E-state index contributed by atoms with van der Waals surface area (Å²) in [6, 6.07) is 5.49.